The molecule has 29 heavy (non-hydrogen) atoms. The average Bonchev–Trinajstić information content (AvgIpc) is 3.34. The van der Waals surface area contributed by atoms with Crippen LogP contribution >= 0.6 is 0 Å². The summed E-state index contributed by atoms with van der Waals surface area (Å²) in [5, 5.41) is 0. The number of aromatic nitrogens is 1. The van der Waals surface area contributed by atoms with Crippen LogP contribution in [0.3, 0.4) is 0 Å². The molecule has 2 aliphatic heterocycles. The largest absolute Gasteiger partial charge is 0.338 e. The second kappa shape index (κ2) is 7.80. The zero-order valence-electron chi connectivity index (χ0n) is 16.4. The first-order valence-corrected chi connectivity index (χ1v) is 10.3. The Morgan fingerprint density at radius 2 is 1.41 bits per heavy atom. The molecule has 5 rings (SSSR count). The van der Waals surface area contributed by atoms with Crippen molar-refractivity contribution in [2.24, 2.45) is 11.8 Å². The van der Waals surface area contributed by atoms with Crippen LogP contribution in [0.5, 0.6) is 0 Å². The summed E-state index contributed by atoms with van der Waals surface area (Å²) in [6, 6.07) is 23.0. The van der Waals surface area contributed by atoms with Gasteiger partial charge in [-0.25, -0.2) is 0 Å². The molecule has 0 unspecified atom stereocenters. The van der Waals surface area contributed by atoms with E-state index in [1.807, 2.05) is 23.1 Å². The van der Waals surface area contributed by atoms with E-state index in [0.29, 0.717) is 11.8 Å². The van der Waals surface area contributed by atoms with Crippen LogP contribution in [-0.2, 0) is 6.54 Å². The van der Waals surface area contributed by atoms with Gasteiger partial charge in [0.05, 0.1) is 0 Å². The minimum atomic E-state index is 0.143. The minimum absolute atomic E-state index is 0.143. The van der Waals surface area contributed by atoms with Gasteiger partial charge in [-0.05, 0) is 40.7 Å². The molecule has 4 nitrogen and oxygen atoms in total. The molecule has 0 N–H and O–H groups in total. The lowest BCUT2D eigenvalue weighted by atomic mass is 10.0. The first-order valence-electron chi connectivity index (χ1n) is 10.3. The Morgan fingerprint density at radius 1 is 0.793 bits per heavy atom. The fraction of sp³-hybridized carbons (Fsp3) is 0.280. The molecule has 2 aliphatic rings. The van der Waals surface area contributed by atoms with Gasteiger partial charge in [0.2, 0.25) is 0 Å². The van der Waals surface area contributed by atoms with E-state index in [9.17, 15) is 4.79 Å². The lowest BCUT2D eigenvalue weighted by Gasteiger charge is -2.22. The van der Waals surface area contributed by atoms with Gasteiger partial charge in [0.25, 0.3) is 5.91 Å². The van der Waals surface area contributed by atoms with Crippen molar-refractivity contribution in [3.05, 3.63) is 90.3 Å². The first-order chi connectivity index (χ1) is 14.3. The highest BCUT2D eigenvalue weighted by Crippen LogP contribution is 2.32. The van der Waals surface area contributed by atoms with Crippen LogP contribution in [0, 0.1) is 11.8 Å². The third-order valence-electron chi connectivity index (χ3n) is 6.24. The van der Waals surface area contributed by atoms with Gasteiger partial charge in [0.15, 0.2) is 0 Å². The predicted molar refractivity (Wildman–Crippen MR) is 114 cm³/mol. The Morgan fingerprint density at radius 3 is 2.07 bits per heavy atom. The topological polar surface area (TPSA) is 36.4 Å². The minimum Gasteiger partial charge on any atom is -0.338 e. The number of rotatable bonds is 4. The third-order valence-corrected chi connectivity index (χ3v) is 6.24. The zero-order valence-corrected chi connectivity index (χ0v) is 16.4. The number of hydrogen-bond acceptors (Lipinski definition) is 3. The summed E-state index contributed by atoms with van der Waals surface area (Å²) >= 11 is 0. The van der Waals surface area contributed by atoms with Crippen molar-refractivity contribution in [3.8, 4) is 11.1 Å². The summed E-state index contributed by atoms with van der Waals surface area (Å²) < 4.78 is 0. The summed E-state index contributed by atoms with van der Waals surface area (Å²) in [6.45, 7) is 4.88. The second-order valence-corrected chi connectivity index (χ2v) is 8.22. The van der Waals surface area contributed by atoms with Gasteiger partial charge < -0.3 is 4.90 Å². The maximum atomic E-state index is 12.7. The first kappa shape index (κ1) is 18.1. The van der Waals surface area contributed by atoms with Crippen molar-refractivity contribution < 1.29 is 4.79 Å². The van der Waals surface area contributed by atoms with Crippen molar-refractivity contribution in [1.29, 1.82) is 0 Å². The van der Waals surface area contributed by atoms with E-state index in [-0.39, 0.29) is 5.91 Å². The molecule has 4 heteroatoms. The van der Waals surface area contributed by atoms with E-state index < -0.39 is 0 Å². The van der Waals surface area contributed by atoms with Crippen molar-refractivity contribution in [3.63, 3.8) is 0 Å². The Kier molecular flexibility index (Phi) is 4.86. The quantitative estimate of drug-likeness (QED) is 0.684. The second-order valence-electron chi connectivity index (χ2n) is 8.22. The highest BCUT2D eigenvalue weighted by molar-refractivity contribution is 5.94. The van der Waals surface area contributed by atoms with Gasteiger partial charge in [0, 0.05) is 50.7 Å². The van der Waals surface area contributed by atoms with Crippen LogP contribution in [-0.4, -0.2) is 46.9 Å². The Hall–Kier alpha value is -2.98. The van der Waals surface area contributed by atoms with Crippen LogP contribution in [0.1, 0.15) is 15.9 Å². The van der Waals surface area contributed by atoms with Gasteiger partial charge in [-0.1, -0.05) is 54.6 Å². The van der Waals surface area contributed by atoms with Crippen LogP contribution in [0.2, 0.25) is 0 Å². The molecule has 1 amide bonds. The number of hydrogen-bond donors (Lipinski definition) is 0. The number of carbonyl (C=O) groups excluding carboxylic acids is 1. The Balaban J connectivity index is 1.18. The average molecular weight is 383 g/mol. The van der Waals surface area contributed by atoms with Crippen molar-refractivity contribution in [2.75, 3.05) is 26.2 Å². The van der Waals surface area contributed by atoms with Crippen LogP contribution in [0.25, 0.3) is 11.1 Å². The molecule has 2 atom stereocenters. The van der Waals surface area contributed by atoms with E-state index in [2.05, 4.69) is 58.4 Å². The Bertz CT molecular complexity index is 958. The van der Waals surface area contributed by atoms with Crippen molar-refractivity contribution >= 4 is 5.91 Å². The van der Waals surface area contributed by atoms with Crippen LogP contribution in [0.15, 0.2) is 79.1 Å². The summed E-state index contributed by atoms with van der Waals surface area (Å²) in [5.41, 5.74) is 4.62. The number of amides is 1. The van der Waals surface area contributed by atoms with Gasteiger partial charge in [-0.3, -0.25) is 14.7 Å². The fourth-order valence-corrected chi connectivity index (χ4v) is 4.75. The number of pyridine rings is 1. The van der Waals surface area contributed by atoms with Crippen molar-refractivity contribution in [1.82, 2.24) is 14.8 Å². The van der Waals surface area contributed by atoms with Crippen LogP contribution in [0.4, 0.5) is 0 Å². The number of benzene rings is 2. The van der Waals surface area contributed by atoms with Gasteiger partial charge >= 0.3 is 0 Å². The monoisotopic (exact) mass is 383 g/mol. The fourth-order valence-electron chi connectivity index (χ4n) is 4.75. The molecule has 2 fully saturated rings. The number of likely N-dealkylation sites (tertiary alicyclic amines) is 2. The van der Waals surface area contributed by atoms with Gasteiger partial charge in [-0.2, -0.15) is 0 Å². The molecule has 3 heterocycles. The molecule has 0 bridgehead atoms. The van der Waals surface area contributed by atoms with E-state index in [0.717, 1.165) is 38.3 Å². The molecule has 2 saturated heterocycles. The molecule has 3 aromatic rings. The smallest absolute Gasteiger partial charge is 0.253 e. The number of nitrogens with zero attached hydrogens (tertiary/aromatic N) is 3. The molecular formula is C25H25N3O. The highest BCUT2D eigenvalue weighted by Gasteiger charge is 2.41. The maximum Gasteiger partial charge on any atom is 0.253 e. The number of fused-ring (bicyclic) bond motifs is 1. The molecule has 0 aliphatic carbocycles. The van der Waals surface area contributed by atoms with E-state index in [1.165, 1.54) is 16.7 Å². The predicted octanol–water partition coefficient (Wildman–Crippen LogP) is 3.95. The highest BCUT2D eigenvalue weighted by atomic mass is 16.2. The SMILES string of the molecule is O=C(c1ccncc1)N1C[C@H]2CN(Cc3ccc(-c4ccccc4)cc3)C[C@H]2C1. The zero-order chi connectivity index (χ0) is 19.6. The molecular weight excluding hydrogens is 358 g/mol. The summed E-state index contributed by atoms with van der Waals surface area (Å²) in [4.78, 5) is 21.3. The maximum absolute atomic E-state index is 12.7. The van der Waals surface area contributed by atoms with Gasteiger partial charge in [-0.15, -0.1) is 0 Å². The molecule has 0 radical (unpaired) electrons. The molecule has 1 aromatic heterocycles. The standard InChI is InChI=1S/C25H25N3O/c29-25(22-10-12-26-13-11-22)28-17-23-15-27(16-24(23)18-28)14-19-6-8-21(9-7-19)20-4-2-1-3-5-20/h1-13,23-24H,14-18H2/t23-,24+. The number of carbonyl (C=O) groups is 1. The van der Waals surface area contributed by atoms with E-state index in [4.69, 9.17) is 0 Å². The van der Waals surface area contributed by atoms with Crippen LogP contribution < -0.4 is 0 Å². The van der Waals surface area contributed by atoms with Gasteiger partial charge in [0.1, 0.15) is 0 Å². The van der Waals surface area contributed by atoms with E-state index >= 15 is 0 Å². The molecule has 2 aromatic carbocycles. The lowest BCUT2D eigenvalue weighted by Crippen LogP contribution is -2.33. The summed E-state index contributed by atoms with van der Waals surface area (Å²) in [6.07, 6.45) is 3.38. The molecule has 0 saturated carbocycles. The van der Waals surface area contributed by atoms with Crippen molar-refractivity contribution in [2.45, 2.75) is 6.54 Å². The molecule has 0 spiro atoms. The van der Waals surface area contributed by atoms with E-state index in [1.54, 1.807) is 12.4 Å². The summed E-state index contributed by atoms with van der Waals surface area (Å²) in [7, 11) is 0. The lowest BCUT2D eigenvalue weighted by molar-refractivity contribution is 0.0773. The normalized spacial score (nSPS) is 21.3. The molecule has 146 valence electrons. The summed E-state index contributed by atoms with van der Waals surface area (Å²) in [5.74, 6) is 1.32. The Labute approximate surface area is 171 Å². The third kappa shape index (κ3) is 3.81.